The highest BCUT2D eigenvalue weighted by molar-refractivity contribution is 5.55. The minimum Gasteiger partial charge on any atom is -0.389 e. The fourth-order valence-electron chi connectivity index (χ4n) is 3.07. The molecule has 106 valence electrons. The number of aliphatic hydroxyl groups excluding tert-OH is 1. The molecular formula is C16H24FNO. The summed E-state index contributed by atoms with van der Waals surface area (Å²) in [5, 5.41) is 9.81. The smallest absolute Gasteiger partial charge is 0.131 e. The summed E-state index contributed by atoms with van der Waals surface area (Å²) in [6.07, 6.45) is 3.98. The Hall–Kier alpha value is -1.09. The molecule has 0 aromatic heterocycles. The molecule has 1 saturated carbocycles. The third kappa shape index (κ3) is 3.08. The number of anilines is 1. The van der Waals surface area contributed by atoms with Crippen molar-refractivity contribution in [2.24, 2.45) is 5.92 Å². The molecule has 1 aromatic carbocycles. The maximum atomic E-state index is 13.9. The molecule has 0 aliphatic heterocycles. The average Bonchev–Trinajstić information content (AvgIpc) is 2.38. The van der Waals surface area contributed by atoms with Crippen molar-refractivity contribution in [3.63, 3.8) is 0 Å². The molecule has 1 N–H and O–H groups in total. The number of nitrogens with zero attached hydrogens (tertiary/aromatic N) is 1. The highest BCUT2D eigenvalue weighted by atomic mass is 19.1. The quantitative estimate of drug-likeness (QED) is 0.896. The predicted molar refractivity (Wildman–Crippen MR) is 76.9 cm³/mol. The SMILES string of the molecule is CC1CCC(N(C)c2cccc(F)c2C(C)O)CC1. The van der Waals surface area contributed by atoms with Crippen LogP contribution in [0.1, 0.15) is 51.2 Å². The van der Waals surface area contributed by atoms with Gasteiger partial charge in [0, 0.05) is 24.3 Å². The highest BCUT2D eigenvalue weighted by Gasteiger charge is 2.25. The molecule has 0 heterocycles. The molecule has 0 radical (unpaired) electrons. The van der Waals surface area contributed by atoms with Crippen LogP contribution in [0.2, 0.25) is 0 Å². The van der Waals surface area contributed by atoms with Gasteiger partial charge in [0.05, 0.1) is 6.10 Å². The molecule has 19 heavy (non-hydrogen) atoms. The standard InChI is InChI=1S/C16H24FNO/c1-11-7-9-13(10-8-11)18(3)15-6-4-5-14(17)16(15)12(2)19/h4-6,11-13,19H,7-10H2,1-3H3. The highest BCUT2D eigenvalue weighted by Crippen LogP contribution is 2.34. The summed E-state index contributed by atoms with van der Waals surface area (Å²) >= 11 is 0. The normalized spacial score (nSPS) is 25.1. The first kappa shape index (κ1) is 14.3. The van der Waals surface area contributed by atoms with Crippen LogP contribution in [0.5, 0.6) is 0 Å². The molecule has 1 unspecified atom stereocenters. The Kier molecular flexibility index (Phi) is 4.46. The van der Waals surface area contributed by atoms with Crippen LogP contribution in [-0.4, -0.2) is 18.2 Å². The number of hydrogen-bond acceptors (Lipinski definition) is 2. The molecule has 1 fully saturated rings. The van der Waals surface area contributed by atoms with Gasteiger partial charge in [0.15, 0.2) is 0 Å². The van der Waals surface area contributed by atoms with E-state index in [1.807, 2.05) is 13.1 Å². The summed E-state index contributed by atoms with van der Waals surface area (Å²) in [4.78, 5) is 2.15. The lowest BCUT2D eigenvalue weighted by Crippen LogP contribution is -2.35. The Balaban J connectivity index is 2.23. The van der Waals surface area contributed by atoms with Crippen LogP contribution in [0.25, 0.3) is 0 Å². The zero-order chi connectivity index (χ0) is 14.0. The largest absolute Gasteiger partial charge is 0.389 e. The molecule has 1 aliphatic rings. The molecule has 0 spiro atoms. The molecule has 0 amide bonds. The van der Waals surface area contributed by atoms with E-state index in [1.165, 1.54) is 18.9 Å². The van der Waals surface area contributed by atoms with Gasteiger partial charge >= 0.3 is 0 Å². The molecular weight excluding hydrogens is 241 g/mol. The minimum absolute atomic E-state index is 0.316. The van der Waals surface area contributed by atoms with Crippen LogP contribution in [-0.2, 0) is 0 Å². The molecule has 1 aliphatic carbocycles. The lowest BCUT2D eigenvalue weighted by molar-refractivity contribution is 0.194. The first-order valence-electron chi connectivity index (χ1n) is 7.20. The number of aliphatic hydroxyl groups is 1. The maximum absolute atomic E-state index is 13.9. The van der Waals surface area contributed by atoms with Gasteiger partial charge in [-0.15, -0.1) is 0 Å². The van der Waals surface area contributed by atoms with Crippen LogP contribution in [0, 0.1) is 11.7 Å². The van der Waals surface area contributed by atoms with E-state index in [2.05, 4.69) is 11.8 Å². The zero-order valence-corrected chi connectivity index (χ0v) is 12.1. The second-order valence-electron chi connectivity index (χ2n) is 5.87. The molecule has 0 saturated heterocycles. The van der Waals surface area contributed by atoms with E-state index in [1.54, 1.807) is 13.0 Å². The summed E-state index contributed by atoms with van der Waals surface area (Å²) in [5.74, 6) is 0.483. The van der Waals surface area contributed by atoms with Crippen LogP contribution < -0.4 is 4.90 Å². The van der Waals surface area contributed by atoms with Gasteiger partial charge in [-0.1, -0.05) is 13.0 Å². The molecule has 0 bridgehead atoms. The number of benzene rings is 1. The number of hydrogen-bond donors (Lipinski definition) is 1. The van der Waals surface area contributed by atoms with Gasteiger partial charge < -0.3 is 10.0 Å². The van der Waals surface area contributed by atoms with Gasteiger partial charge in [0.1, 0.15) is 5.82 Å². The van der Waals surface area contributed by atoms with Gasteiger partial charge in [-0.3, -0.25) is 0 Å². The third-order valence-corrected chi connectivity index (χ3v) is 4.36. The summed E-state index contributed by atoms with van der Waals surface area (Å²) in [6, 6.07) is 5.50. The van der Waals surface area contributed by atoms with Gasteiger partial charge in [0.2, 0.25) is 0 Å². The Morgan fingerprint density at radius 3 is 2.47 bits per heavy atom. The molecule has 2 rings (SSSR count). The van der Waals surface area contributed by atoms with Gasteiger partial charge in [-0.2, -0.15) is 0 Å². The summed E-state index contributed by atoms with van der Waals surface area (Å²) in [7, 11) is 2.02. The van der Waals surface area contributed by atoms with Crippen molar-refractivity contribution in [1.82, 2.24) is 0 Å². The topological polar surface area (TPSA) is 23.5 Å². The predicted octanol–water partition coefficient (Wildman–Crippen LogP) is 3.89. The van der Waals surface area contributed by atoms with E-state index in [0.29, 0.717) is 11.6 Å². The van der Waals surface area contributed by atoms with E-state index < -0.39 is 6.10 Å². The minimum atomic E-state index is -0.777. The maximum Gasteiger partial charge on any atom is 0.131 e. The van der Waals surface area contributed by atoms with Crippen LogP contribution >= 0.6 is 0 Å². The fourth-order valence-corrected chi connectivity index (χ4v) is 3.07. The van der Waals surface area contributed by atoms with E-state index in [4.69, 9.17) is 0 Å². The average molecular weight is 265 g/mol. The summed E-state index contributed by atoms with van der Waals surface area (Å²) in [5.41, 5.74) is 1.25. The second-order valence-corrected chi connectivity index (χ2v) is 5.87. The van der Waals surface area contributed by atoms with Crippen molar-refractivity contribution < 1.29 is 9.50 Å². The van der Waals surface area contributed by atoms with Gasteiger partial charge in [0.25, 0.3) is 0 Å². The number of halogens is 1. The Morgan fingerprint density at radius 1 is 1.26 bits per heavy atom. The van der Waals surface area contributed by atoms with Gasteiger partial charge in [-0.05, 0) is 50.7 Å². The number of rotatable bonds is 3. The van der Waals surface area contributed by atoms with E-state index in [9.17, 15) is 9.50 Å². The van der Waals surface area contributed by atoms with Crippen molar-refractivity contribution in [2.45, 2.75) is 51.7 Å². The van der Waals surface area contributed by atoms with Crippen LogP contribution in [0.3, 0.4) is 0 Å². The van der Waals surface area contributed by atoms with Crippen molar-refractivity contribution in [3.05, 3.63) is 29.6 Å². The van der Waals surface area contributed by atoms with Crippen molar-refractivity contribution in [3.8, 4) is 0 Å². The lowest BCUT2D eigenvalue weighted by atomic mass is 9.86. The van der Waals surface area contributed by atoms with Crippen molar-refractivity contribution in [1.29, 1.82) is 0 Å². The van der Waals surface area contributed by atoms with Gasteiger partial charge in [-0.25, -0.2) is 4.39 Å². The molecule has 1 aromatic rings. The first-order chi connectivity index (χ1) is 9.00. The Labute approximate surface area is 115 Å². The second kappa shape index (κ2) is 5.91. The first-order valence-corrected chi connectivity index (χ1v) is 7.20. The fraction of sp³-hybridized carbons (Fsp3) is 0.625. The molecule has 3 heteroatoms. The van der Waals surface area contributed by atoms with Crippen LogP contribution in [0.15, 0.2) is 18.2 Å². The van der Waals surface area contributed by atoms with E-state index >= 15 is 0 Å². The summed E-state index contributed by atoms with van der Waals surface area (Å²) in [6.45, 7) is 3.92. The monoisotopic (exact) mass is 265 g/mol. The van der Waals surface area contributed by atoms with Crippen molar-refractivity contribution >= 4 is 5.69 Å². The Morgan fingerprint density at radius 2 is 1.89 bits per heavy atom. The lowest BCUT2D eigenvalue weighted by Gasteiger charge is -2.36. The van der Waals surface area contributed by atoms with E-state index in [-0.39, 0.29) is 5.82 Å². The van der Waals surface area contributed by atoms with Crippen LogP contribution in [0.4, 0.5) is 10.1 Å². The summed E-state index contributed by atoms with van der Waals surface area (Å²) < 4.78 is 13.9. The molecule has 2 nitrogen and oxygen atoms in total. The third-order valence-electron chi connectivity index (χ3n) is 4.36. The Bertz CT molecular complexity index is 425. The van der Waals surface area contributed by atoms with Crippen molar-refractivity contribution in [2.75, 3.05) is 11.9 Å². The molecule has 1 atom stereocenters. The van der Waals surface area contributed by atoms with E-state index in [0.717, 1.165) is 24.4 Å². The zero-order valence-electron chi connectivity index (χ0n) is 12.1.